The van der Waals surface area contributed by atoms with Gasteiger partial charge in [-0.2, -0.15) is 0 Å². The average molecular weight is 311 g/mol. The molecule has 1 saturated heterocycles. The van der Waals surface area contributed by atoms with Gasteiger partial charge in [-0.15, -0.1) is 0 Å². The molecule has 122 valence electrons. The molecule has 7 heteroatoms. The molecule has 2 atom stereocenters. The van der Waals surface area contributed by atoms with E-state index in [1.165, 1.54) is 6.92 Å². The number of amides is 1. The largest absolute Gasteiger partial charge is 0.503 e. The van der Waals surface area contributed by atoms with Crippen molar-refractivity contribution in [2.45, 2.75) is 38.8 Å². The Bertz CT molecular complexity index is 460. The molecule has 1 aromatic rings. The first-order chi connectivity index (χ1) is 10.5. The zero-order chi connectivity index (χ0) is 16.4. The van der Waals surface area contributed by atoms with Crippen LogP contribution in [0.5, 0.6) is 0 Å². The molecular weight excluding hydrogens is 290 g/mol. The predicted molar refractivity (Wildman–Crippen MR) is 78.5 cm³/mol. The van der Waals surface area contributed by atoms with Gasteiger partial charge in [0.25, 0.3) is 0 Å². The molecule has 1 aliphatic rings. The van der Waals surface area contributed by atoms with Gasteiger partial charge < -0.3 is 25.0 Å². The first-order valence-corrected chi connectivity index (χ1v) is 6.94. The average Bonchev–Trinajstić information content (AvgIpc) is 2.91. The number of nitrogens with one attached hydrogen (secondary N) is 1. The van der Waals surface area contributed by atoms with Crippen LogP contribution in [0, 0.1) is 0 Å². The smallest absolute Gasteiger partial charge is 0.450 e. The molecule has 1 aliphatic heterocycles. The molecule has 1 heterocycles. The number of benzene rings is 1. The lowest BCUT2D eigenvalue weighted by molar-refractivity contribution is -0.141. The van der Waals surface area contributed by atoms with Crippen LogP contribution in [0.3, 0.4) is 0 Å². The topological polar surface area (TPSA) is 105 Å². The highest BCUT2D eigenvalue weighted by atomic mass is 16.7. The van der Waals surface area contributed by atoms with Crippen LogP contribution in [-0.2, 0) is 20.9 Å². The van der Waals surface area contributed by atoms with Gasteiger partial charge in [0.2, 0.25) is 5.91 Å². The zero-order valence-corrected chi connectivity index (χ0v) is 12.4. The minimum absolute atomic E-state index is 0.0211. The maximum Gasteiger partial charge on any atom is 0.503 e. The summed E-state index contributed by atoms with van der Waals surface area (Å²) in [5.74, 6) is -0.0211. The van der Waals surface area contributed by atoms with Crippen LogP contribution in [0.25, 0.3) is 0 Å². The summed E-state index contributed by atoms with van der Waals surface area (Å²) in [5, 5.41) is 16.7. The van der Waals surface area contributed by atoms with Crippen LogP contribution in [0.4, 0.5) is 4.79 Å². The maximum atomic E-state index is 10.8. The van der Waals surface area contributed by atoms with E-state index in [1.807, 2.05) is 30.3 Å². The van der Waals surface area contributed by atoms with Gasteiger partial charge in [0.1, 0.15) is 0 Å². The van der Waals surface area contributed by atoms with Gasteiger partial charge in [-0.05, 0) is 12.0 Å². The Morgan fingerprint density at radius 1 is 1.27 bits per heavy atom. The van der Waals surface area contributed by atoms with Crippen molar-refractivity contribution < 1.29 is 29.3 Å². The summed E-state index contributed by atoms with van der Waals surface area (Å²) in [6.07, 6.45) is -0.0877. The molecule has 0 saturated carbocycles. The van der Waals surface area contributed by atoms with Crippen molar-refractivity contribution >= 4 is 12.1 Å². The fraction of sp³-hybridized carbons (Fsp3) is 0.467. The molecule has 0 radical (unpaired) electrons. The van der Waals surface area contributed by atoms with E-state index in [-0.39, 0.29) is 18.3 Å². The van der Waals surface area contributed by atoms with Gasteiger partial charge >= 0.3 is 6.16 Å². The second kappa shape index (κ2) is 9.75. The second-order valence-electron chi connectivity index (χ2n) is 4.78. The summed E-state index contributed by atoms with van der Waals surface area (Å²) in [6.45, 7) is 2.65. The third-order valence-electron chi connectivity index (χ3n) is 2.93. The summed E-state index contributed by atoms with van der Waals surface area (Å²) in [5.41, 5.74) is 1.14. The molecule has 1 amide bonds. The molecule has 2 unspecified atom stereocenters. The van der Waals surface area contributed by atoms with E-state index in [0.717, 1.165) is 18.4 Å². The number of carbonyl (C=O) groups is 2. The minimum Gasteiger partial charge on any atom is -0.450 e. The molecule has 0 bridgehead atoms. The Morgan fingerprint density at radius 2 is 1.91 bits per heavy atom. The summed E-state index contributed by atoms with van der Waals surface area (Å²) in [7, 11) is 0. The molecule has 22 heavy (non-hydrogen) atoms. The molecular formula is C15H21NO6. The fourth-order valence-electron chi connectivity index (χ4n) is 1.97. The van der Waals surface area contributed by atoms with E-state index in [1.54, 1.807) is 0 Å². The van der Waals surface area contributed by atoms with Gasteiger partial charge in [-0.3, -0.25) is 4.79 Å². The van der Waals surface area contributed by atoms with Gasteiger partial charge in [0.05, 0.1) is 12.7 Å². The third-order valence-corrected chi connectivity index (χ3v) is 2.93. The Hall–Kier alpha value is -2.12. The molecule has 7 nitrogen and oxygen atoms in total. The van der Waals surface area contributed by atoms with Crippen molar-refractivity contribution in [3.05, 3.63) is 35.9 Å². The Kier molecular flexibility index (Phi) is 7.95. The normalized spacial score (nSPS) is 19.9. The molecule has 0 spiro atoms. The van der Waals surface area contributed by atoms with Gasteiger partial charge in [0.15, 0.2) is 6.29 Å². The first-order valence-electron chi connectivity index (χ1n) is 6.94. The van der Waals surface area contributed by atoms with Crippen molar-refractivity contribution in [3.8, 4) is 0 Å². The van der Waals surface area contributed by atoms with Crippen molar-refractivity contribution in [2.75, 3.05) is 6.54 Å². The van der Waals surface area contributed by atoms with Crippen LogP contribution in [0.2, 0.25) is 0 Å². The van der Waals surface area contributed by atoms with Gasteiger partial charge in [-0.25, -0.2) is 4.79 Å². The van der Waals surface area contributed by atoms with Crippen LogP contribution >= 0.6 is 0 Å². The van der Waals surface area contributed by atoms with Crippen LogP contribution < -0.4 is 5.32 Å². The summed E-state index contributed by atoms with van der Waals surface area (Å²) in [4.78, 5) is 19.4. The van der Waals surface area contributed by atoms with Crippen LogP contribution in [0.1, 0.15) is 25.3 Å². The number of hydrogen-bond acceptors (Lipinski definition) is 4. The summed E-state index contributed by atoms with van der Waals surface area (Å²) < 4.78 is 11.4. The highest BCUT2D eigenvalue weighted by Gasteiger charge is 2.25. The Morgan fingerprint density at radius 3 is 2.50 bits per heavy atom. The predicted octanol–water partition coefficient (Wildman–Crippen LogP) is 2.07. The fourth-order valence-corrected chi connectivity index (χ4v) is 1.97. The number of hydrogen-bond donors (Lipinski definition) is 3. The van der Waals surface area contributed by atoms with Crippen molar-refractivity contribution in [1.29, 1.82) is 0 Å². The van der Waals surface area contributed by atoms with E-state index in [0.29, 0.717) is 13.2 Å². The van der Waals surface area contributed by atoms with E-state index < -0.39 is 6.16 Å². The lowest BCUT2D eigenvalue weighted by Gasteiger charge is -2.14. The molecule has 0 aromatic heterocycles. The highest BCUT2D eigenvalue weighted by Crippen LogP contribution is 2.21. The van der Waals surface area contributed by atoms with Gasteiger partial charge in [0, 0.05) is 19.9 Å². The zero-order valence-electron chi connectivity index (χ0n) is 12.4. The lowest BCUT2D eigenvalue weighted by atomic mass is 10.2. The SMILES string of the molecule is CC(=O)NCC1CCC(OCc2ccccc2)O1.O=C(O)O. The first kappa shape index (κ1) is 17.9. The lowest BCUT2D eigenvalue weighted by Crippen LogP contribution is -2.30. The second-order valence-corrected chi connectivity index (χ2v) is 4.78. The molecule has 2 rings (SSSR count). The number of rotatable bonds is 5. The van der Waals surface area contributed by atoms with Crippen molar-refractivity contribution in [2.24, 2.45) is 0 Å². The standard InChI is InChI=1S/C14H19NO3.CH2O3/c1-11(16)15-9-13-7-8-14(18-13)17-10-12-5-3-2-4-6-12;2-1(3)4/h2-6,13-14H,7-10H2,1H3,(H,15,16);(H2,2,3,4). The van der Waals surface area contributed by atoms with Crippen molar-refractivity contribution in [1.82, 2.24) is 5.32 Å². The molecule has 1 fully saturated rings. The molecule has 0 aliphatic carbocycles. The third kappa shape index (κ3) is 8.23. The number of ether oxygens (including phenoxy) is 2. The summed E-state index contributed by atoms with van der Waals surface area (Å²) in [6, 6.07) is 10.0. The van der Waals surface area contributed by atoms with E-state index in [4.69, 9.17) is 24.5 Å². The number of carbonyl (C=O) groups excluding carboxylic acids is 1. The van der Waals surface area contributed by atoms with Crippen LogP contribution in [0.15, 0.2) is 30.3 Å². The van der Waals surface area contributed by atoms with E-state index in [9.17, 15) is 4.79 Å². The highest BCUT2D eigenvalue weighted by molar-refractivity contribution is 5.72. The maximum absolute atomic E-state index is 10.8. The Labute approximate surface area is 128 Å². The summed E-state index contributed by atoms with van der Waals surface area (Å²) >= 11 is 0. The van der Waals surface area contributed by atoms with Crippen molar-refractivity contribution in [3.63, 3.8) is 0 Å². The van der Waals surface area contributed by atoms with E-state index in [2.05, 4.69) is 5.32 Å². The molecule has 1 aromatic carbocycles. The number of carboxylic acid groups (broad SMARTS) is 2. The van der Waals surface area contributed by atoms with E-state index >= 15 is 0 Å². The van der Waals surface area contributed by atoms with Crippen LogP contribution in [-0.4, -0.2) is 41.2 Å². The minimum atomic E-state index is -1.83. The molecule has 3 N–H and O–H groups in total. The monoisotopic (exact) mass is 311 g/mol. The van der Waals surface area contributed by atoms with Gasteiger partial charge in [-0.1, -0.05) is 30.3 Å². The Balaban J connectivity index is 0.000000541. The quantitative estimate of drug-likeness (QED) is 0.769.